The first-order chi connectivity index (χ1) is 28.7. The van der Waals surface area contributed by atoms with E-state index in [1.165, 1.54) is 11.1 Å². The van der Waals surface area contributed by atoms with E-state index in [4.69, 9.17) is 9.72 Å². The van der Waals surface area contributed by atoms with Gasteiger partial charge in [0.05, 0.1) is 28.4 Å². The lowest BCUT2D eigenvalue weighted by Gasteiger charge is -2.41. The van der Waals surface area contributed by atoms with Gasteiger partial charge in [-0.2, -0.15) is 5.26 Å². The molecule has 9 aromatic rings. The Morgan fingerprint density at radius 1 is 0.362 bits per heavy atom. The van der Waals surface area contributed by atoms with Crippen LogP contribution in [0.15, 0.2) is 218 Å². The molecule has 8 aromatic carbocycles. The summed E-state index contributed by atoms with van der Waals surface area (Å²) in [4.78, 5) is 5.18. The van der Waals surface area contributed by atoms with E-state index in [0.29, 0.717) is 5.56 Å². The molecule has 0 bridgehead atoms. The molecule has 0 amide bonds. The van der Waals surface area contributed by atoms with Crippen LogP contribution in [-0.2, 0) is 5.41 Å². The molecule has 2 heterocycles. The highest BCUT2D eigenvalue weighted by Crippen LogP contribution is 2.55. The van der Waals surface area contributed by atoms with Gasteiger partial charge in [0.25, 0.3) is 0 Å². The molecule has 0 fully saturated rings. The van der Waals surface area contributed by atoms with Gasteiger partial charge in [-0.1, -0.05) is 170 Å². The number of pyridine rings is 1. The number of aromatic nitrogens is 1. The molecular weight excluding hydrogens is 705 g/mol. The van der Waals surface area contributed by atoms with Gasteiger partial charge in [-0.3, -0.25) is 0 Å². The second-order valence-electron chi connectivity index (χ2n) is 14.6. The van der Waals surface area contributed by atoms with Gasteiger partial charge < -0.3 is 4.74 Å². The zero-order valence-electron chi connectivity index (χ0n) is 31.6. The van der Waals surface area contributed by atoms with Gasteiger partial charge in [0.15, 0.2) is 0 Å². The largest absolute Gasteiger partial charge is 0.457 e. The van der Waals surface area contributed by atoms with Crippen LogP contribution in [0.1, 0.15) is 27.8 Å². The first-order valence-corrected chi connectivity index (χ1v) is 19.5. The van der Waals surface area contributed by atoms with E-state index in [9.17, 15) is 5.26 Å². The Labute approximate surface area is 338 Å². The second kappa shape index (κ2) is 14.7. The maximum Gasteiger partial charge on any atom is 0.132 e. The molecule has 0 saturated heterocycles. The van der Waals surface area contributed by atoms with Gasteiger partial charge in [0.1, 0.15) is 11.5 Å². The molecule has 1 aliphatic heterocycles. The first kappa shape index (κ1) is 34.7. The van der Waals surface area contributed by atoms with Crippen LogP contribution >= 0.6 is 0 Å². The first-order valence-electron chi connectivity index (χ1n) is 19.5. The van der Waals surface area contributed by atoms with Crippen LogP contribution in [0.25, 0.3) is 55.9 Å². The van der Waals surface area contributed by atoms with Gasteiger partial charge in [-0.05, 0) is 93.0 Å². The summed E-state index contributed by atoms with van der Waals surface area (Å²) in [7, 11) is 0. The predicted molar refractivity (Wildman–Crippen MR) is 235 cm³/mol. The normalized spacial score (nSPS) is 12.4. The Hall–Kier alpha value is -7.80. The zero-order valence-corrected chi connectivity index (χ0v) is 31.6. The number of ether oxygens (including phenoxy) is 1. The van der Waals surface area contributed by atoms with Crippen LogP contribution in [0.2, 0.25) is 0 Å². The van der Waals surface area contributed by atoms with Crippen molar-refractivity contribution in [2.45, 2.75) is 5.41 Å². The number of nitriles is 1. The Balaban J connectivity index is 1.05. The van der Waals surface area contributed by atoms with Crippen molar-refractivity contribution in [1.29, 1.82) is 5.26 Å². The maximum atomic E-state index is 9.40. The average Bonchev–Trinajstić information content (AvgIpc) is 3.31. The quantitative estimate of drug-likeness (QED) is 0.163. The molecule has 272 valence electrons. The van der Waals surface area contributed by atoms with Crippen LogP contribution in [0, 0.1) is 11.3 Å². The van der Waals surface area contributed by atoms with Crippen molar-refractivity contribution in [1.82, 2.24) is 4.98 Å². The topological polar surface area (TPSA) is 45.9 Å². The lowest BCUT2D eigenvalue weighted by molar-refractivity contribution is 0.435. The summed E-state index contributed by atoms with van der Waals surface area (Å²) in [5.74, 6) is 1.71. The van der Waals surface area contributed by atoms with E-state index in [0.717, 1.165) is 78.5 Å². The molecule has 0 atom stereocenters. The number of hydrogen-bond acceptors (Lipinski definition) is 3. The Bertz CT molecular complexity index is 2930. The molecule has 0 saturated carbocycles. The summed E-state index contributed by atoms with van der Waals surface area (Å²) < 4.78 is 6.79. The minimum absolute atomic E-state index is 0.556. The van der Waals surface area contributed by atoms with Crippen molar-refractivity contribution in [3.8, 4) is 73.5 Å². The summed E-state index contributed by atoms with van der Waals surface area (Å²) in [6, 6.07) is 78.5. The van der Waals surface area contributed by atoms with Gasteiger partial charge in [0.2, 0.25) is 0 Å². The minimum Gasteiger partial charge on any atom is -0.457 e. The van der Waals surface area contributed by atoms with E-state index < -0.39 is 5.41 Å². The minimum atomic E-state index is -0.556. The van der Waals surface area contributed by atoms with Crippen LogP contribution in [0.4, 0.5) is 0 Å². The highest BCUT2D eigenvalue weighted by molar-refractivity contribution is 5.81. The van der Waals surface area contributed by atoms with E-state index in [-0.39, 0.29) is 0 Å². The van der Waals surface area contributed by atoms with Crippen molar-refractivity contribution in [3.05, 3.63) is 246 Å². The second-order valence-corrected chi connectivity index (χ2v) is 14.6. The lowest BCUT2D eigenvalue weighted by Crippen LogP contribution is -2.34. The molecular formula is C55H36N2O. The van der Waals surface area contributed by atoms with E-state index in [1.807, 2.05) is 48.5 Å². The molecule has 0 unspecified atom stereocenters. The van der Waals surface area contributed by atoms with Crippen LogP contribution in [-0.4, -0.2) is 4.98 Å². The molecule has 58 heavy (non-hydrogen) atoms. The molecule has 10 rings (SSSR count). The van der Waals surface area contributed by atoms with E-state index >= 15 is 0 Å². The fraction of sp³-hybridized carbons (Fsp3) is 0.0182. The summed E-state index contributed by atoms with van der Waals surface area (Å²) >= 11 is 0. The Morgan fingerprint density at radius 3 is 1.48 bits per heavy atom. The monoisotopic (exact) mass is 740 g/mol. The van der Waals surface area contributed by atoms with Gasteiger partial charge in [-0.15, -0.1) is 0 Å². The molecule has 1 aliphatic rings. The number of benzene rings is 8. The highest BCUT2D eigenvalue weighted by Gasteiger charge is 2.45. The van der Waals surface area contributed by atoms with Crippen molar-refractivity contribution in [2.24, 2.45) is 0 Å². The van der Waals surface area contributed by atoms with Crippen molar-refractivity contribution < 1.29 is 4.74 Å². The highest BCUT2D eigenvalue weighted by atomic mass is 16.5. The summed E-state index contributed by atoms with van der Waals surface area (Å²) in [5.41, 5.74) is 15.0. The fourth-order valence-electron chi connectivity index (χ4n) is 8.47. The van der Waals surface area contributed by atoms with E-state index in [2.05, 4.69) is 176 Å². The number of nitrogens with zero attached hydrogens (tertiary/aromatic N) is 2. The lowest BCUT2D eigenvalue weighted by atomic mass is 9.63. The number of rotatable bonds is 7. The standard InChI is InChI=1S/C55H36N2O/c56-37-38-26-28-39(29-27-38)46-34-51(40-14-4-1-5-15-40)57-52(35-46)45-19-13-18-43(33-45)41-16-12-17-42(32-41)44-30-31-50-54(36-44)58-53-25-11-10-24-49(53)55(50,47-20-6-2-7-21-47)48-22-8-3-9-23-48/h1-36H. The van der Waals surface area contributed by atoms with Gasteiger partial charge in [-0.25, -0.2) is 4.98 Å². The maximum absolute atomic E-state index is 9.40. The molecule has 3 nitrogen and oxygen atoms in total. The Morgan fingerprint density at radius 2 is 0.845 bits per heavy atom. The van der Waals surface area contributed by atoms with Crippen molar-refractivity contribution in [2.75, 3.05) is 0 Å². The molecule has 3 heteroatoms. The number of para-hydroxylation sites is 1. The summed E-state index contributed by atoms with van der Waals surface area (Å²) in [6.07, 6.45) is 0. The SMILES string of the molecule is N#Cc1ccc(-c2cc(-c3ccccc3)nc(-c3cccc(-c4cccc(-c5ccc6c(c5)Oc5ccccc5C6(c5ccccc5)c5ccccc5)c4)c3)c2)cc1. The third-order valence-corrected chi connectivity index (χ3v) is 11.2. The molecule has 0 N–H and O–H groups in total. The molecule has 0 aliphatic carbocycles. The smallest absolute Gasteiger partial charge is 0.132 e. The summed E-state index contributed by atoms with van der Waals surface area (Å²) in [6.45, 7) is 0. The third kappa shape index (κ3) is 6.14. The Kier molecular flexibility index (Phi) is 8.78. The van der Waals surface area contributed by atoms with Crippen molar-refractivity contribution in [3.63, 3.8) is 0 Å². The summed E-state index contributed by atoms with van der Waals surface area (Å²) in [5, 5.41) is 9.40. The van der Waals surface area contributed by atoms with Crippen LogP contribution < -0.4 is 4.74 Å². The fourth-order valence-corrected chi connectivity index (χ4v) is 8.47. The molecule has 0 spiro atoms. The number of fused-ring (bicyclic) bond motifs is 2. The number of hydrogen-bond donors (Lipinski definition) is 0. The van der Waals surface area contributed by atoms with Crippen molar-refractivity contribution >= 4 is 0 Å². The van der Waals surface area contributed by atoms with Crippen LogP contribution in [0.5, 0.6) is 11.5 Å². The third-order valence-electron chi connectivity index (χ3n) is 11.2. The molecule has 0 radical (unpaired) electrons. The predicted octanol–water partition coefficient (Wildman–Crippen LogP) is 13.8. The molecule has 1 aromatic heterocycles. The van der Waals surface area contributed by atoms with Gasteiger partial charge >= 0.3 is 0 Å². The van der Waals surface area contributed by atoms with Crippen LogP contribution in [0.3, 0.4) is 0 Å². The van der Waals surface area contributed by atoms with E-state index in [1.54, 1.807) is 0 Å². The average molecular weight is 741 g/mol. The van der Waals surface area contributed by atoms with Gasteiger partial charge in [0, 0.05) is 22.3 Å². The zero-order chi connectivity index (χ0) is 38.9.